The zero-order valence-corrected chi connectivity index (χ0v) is 11.9. The van der Waals surface area contributed by atoms with Crippen molar-refractivity contribution >= 4 is 0 Å². The number of phenols is 1. The highest BCUT2D eigenvalue weighted by molar-refractivity contribution is 5.43. The van der Waals surface area contributed by atoms with Crippen molar-refractivity contribution < 1.29 is 10.2 Å². The SMILES string of the molecule is CCC12CCC(C)(O)CC1CCc1cc(O)ccc12. The van der Waals surface area contributed by atoms with Gasteiger partial charge in [0.05, 0.1) is 5.60 Å². The van der Waals surface area contributed by atoms with E-state index in [1.165, 1.54) is 11.1 Å². The molecule has 2 nitrogen and oxygen atoms in total. The Balaban J connectivity index is 2.06. The molecule has 1 fully saturated rings. The van der Waals surface area contributed by atoms with Gasteiger partial charge in [0, 0.05) is 0 Å². The number of aromatic hydroxyl groups is 1. The molecule has 2 aliphatic carbocycles. The van der Waals surface area contributed by atoms with Crippen molar-refractivity contribution in [3.05, 3.63) is 29.3 Å². The predicted molar refractivity (Wildman–Crippen MR) is 76.4 cm³/mol. The van der Waals surface area contributed by atoms with E-state index in [2.05, 4.69) is 13.0 Å². The summed E-state index contributed by atoms with van der Waals surface area (Å²) in [6.45, 7) is 4.26. The lowest BCUT2D eigenvalue weighted by atomic mass is 9.53. The van der Waals surface area contributed by atoms with Crippen molar-refractivity contribution in [3.8, 4) is 5.75 Å². The Labute approximate surface area is 115 Å². The Bertz CT molecular complexity index is 492. The van der Waals surface area contributed by atoms with Crippen LogP contribution in [0.4, 0.5) is 0 Å². The molecule has 0 amide bonds. The van der Waals surface area contributed by atoms with Crippen molar-refractivity contribution in [3.63, 3.8) is 0 Å². The second-order valence-electron chi connectivity index (χ2n) is 6.79. The maximum Gasteiger partial charge on any atom is 0.115 e. The number of benzene rings is 1. The molecule has 3 atom stereocenters. The summed E-state index contributed by atoms with van der Waals surface area (Å²) < 4.78 is 0. The van der Waals surface area contributed by atoms with Crippen molar-refractivity contribution in [1.29, 1.82) is 0 Å². The second-order valence-corrected chi connectivity index (χ2v) is 6.79. The molecule has 104 valence electrons. The van der Waals surface area contributed by atoms with Crippen LogP contribution in [-0.2, 0) is 11.8 Å². The fraction of sp³-hybridized carbons (Fsp3) is 0.647. The molecule has 1 aromatic carbocycles. The van der Waals surface area contributed by atoms with Crippen LogP contribution in [-0.4, -0.2) is 15.8 Å². The number of rotatable bonds is 1. The molecule has 0 bridgehead atoms. The minimum absolute atomic E-state index is 0.226. The van der Waals surface area contributed by atoms with Gasteiger partial charge in [-0.05, 0) is 80.0 Å². The molecule has 2 N–H and O–H groups in total. The third kappa shape index (κ3) is 1.97. The monoisotopic (exact) mass is 260 g/mol. The lowest BCUT2D eigenvalue weighted by molar-refractivity contribution is -0.0376. The molecule has 0 radical (unpaired) electrons. The Morgan fingerprint density at radius 1 is 1.32 bits per heavy atom. The topological polar surface area (TPSA) is 40.5 Å². The molecule has 1 saturated carbocycles. The van der Waals surface area contributed by atoms with E-state index < -0.39 is 5.60 Å². The molecule has 0 heterocycles. The molecular weight excluding hydrogens is 236 g/mol. The minimum Gasteiger partial charge on any atom is -0.508 e. The first kappa shape index (κ1) is 13.0. The van der Waals surface area contributed by atoms with E-state index in [0.717, 1.165) is 38.5 Å². The molecular formula is C17H24O2. The fourth-order valence-electron chi connectivity index (χ4n) is 4.52. The van der Waals surface area contributed by atoms with E-state index in [9.17, 15) is 10.2 Å². The van der Waals surface area contributed by atoms with Gasteiger partial charge in [0.15, 0.2) is 0 Å². The van der Waals surface area contributed by atoms with Gasteiger partial charge in [-0.25, -0.2) is 0 Å². The third-order valence-corrected chi connectivity index (χ3v) is 5.60. The highest BCUT2D eigenvalue weighted by Crippen LogP contribution is 2.54. The molecule has 0 aromatic heterocycles. The van der Waals surface area contributed by atoms with Gasteiger partial charge in [-0.1, -0.05) is 13.0 Å². The van der Waals surface area contributed by atoms with Gasteiger partial charge in [-0.2, -0.15) is 0 Å². The summed E-state index contributed by atoms with van der Waals surface area (Å²) in [6, 6.07) is 5.89. The average molecular weight is 260 g/mol. The van der Waals surface area contributed by atoms with Crippen LogP contribution in [0.25, 0.3) is 0 Å². The number of aliphatic hydroxyl groups is 1. The fourth-order valence-corrected chi connectivity index (χ4v) is 4.52. The Hall–Kier alpha value is -1.02. The van der Waals surface area contributed by atoms with Crippen molar-refractivity contribution in [2.75, 3.05) is 0 Å². The van der Waals surface area contributed by atoms with Gasteiger partial charge in [-0.3, -0.25) is 0 Å². The first-order valence-corrected chi connectivity index (χ1v) is 7.52. The molecule has 2 heteroatoms. The summed E-state index contributed by atoms with van der Waals surface area (Å²) in [5.74, 6) is 0.963. The summed E-state index contributed by atoms with van der Waals surface area (Å²) >= 11 is 0. The van der Waals surface area contributed by atoms with Crippen molar-refractivity contribution in [2.45, 2.75) is 63.4 Å². The normalized spacial score (nSPS) is 37.5. The third-order valence-electron chi connectivity index (χ3n) is 5.60. The molecule has 3 unspecified atom stereocenters. The number of fused-ring (bicyclic) bond motifs is 3. The number of aryl methyl sites for hydroxylation is 1. The molecule has 2 aliphatic rings. The summed E-state index contributed by atoms with van der Waals surface area (Å²) in [6.07, 6.45) is 6.18. The molecule has 3 rings (SSSR count). The molecule has 19 heavy (non-hydrogen) atoms. The predicted octanol–water partition coefficient (Wildman–Crippen LogP) is 3.54. The lowest BCUT2D eigenvalue weighted by Gasteiger charge is -2.52. The Morgan fingerprint density at radius 3 is 2.84 bits per heavy atom. The van der Waals surface area contributed by atoms with E-state index in [1.54, 1.807) is 0 Å². The van der Waals surface area contributed by atoms with E-state index in [-0.39, 0.29) is 5.41 Å². The summed E-state index contributed by atoms with van der Waals surface area (Å²) in [7, 11) is 0. The zero-order chi connectivity index (χ0) is 13.7. The van der Waals surface area contributed by atoms with Crippen LogP contribution in [0.5, 0.6) is 5.75 Å². The highest BCUT2D eigenvalue weighted by atomic mass is 16.3. The first-order valence-electron chi connectivity index (χ1n) is 7.52. The standard InChI is InChI=1S/C17H24O2/c1-3-17-9-8-16(2,19)11-13(17)5-4-12-10-14(18)6-7-15(12)17/h6-7,10,13,18-19H,3-5,8-9,11H2,1-2H3. The van der Waals surface area contributed by atoms with Crippen LogP contribution >= 0.6 is 0 Å². The molecule has 0 spiro atoms. The van der Waals surface area contributed by atoms with Crippen molar-refractivity contribution in [2.24, 2.45) is 5.92 Å². The number of hydrogen-bond donors (Lipinski definition) is 2. The van der Waals surface area contributed by atoms with E-state index >= 15 is 0 Å². The van der Waals surface area contributed by atoms with Gasteiger partial charge in [0.1, 0.15) is 5.75 Å². The van der Waals surface area contributed by atoms with E-state index in [4.69, 9.17) is 0 Å². The smallest absolute Gasteiger partial charge is 0.115 e. The zero-order valence-electron chi connectivity index (χ0n) is 11.9. The van der Waals surface area contributed by atoms with Crippen LogP contribution < -0.4 is 0 Å². The molecule has 0 saturated heterocycles. The Kier molecular flexibility index (Phi) is 2.90. The van der Waals surface area contributed by atoms with Crippen LogP contribution in [0.15, 0.2) is 18.2 Å². The van der Waals surface area contributed by atoms with Gasteiger partial charge in [0.25, 0.3) is 0 Å². The average Bonchev–Trinajstić information content (AvgIpc) is 2.37. The quantitative estimate of drug-likeness (QED) is 0.811. The maximum atomic E-state index is 10.4. The van der Waals surface area contributed by atoms with Gasteiger partial charge in [0.2, 0.25) is 0 Å². The van der Waals surface area contributed by atoms with E-state index in [0.29, 0.717) is 11.7 Å². The summed E-state index contributed by atoms with van der Waals surface area (Å²) in [4.78, 5) is 0. The minimum atomic E-state index is -0.488. The Morgan fingerprint density at radius 2 is 2.11 bits per heavy atom. The van der Waals surface area contributed by atoms with Crippen LogP contribution in [0.3, 0.4) is 0 Å². The van der Waals surface area contributed by atoms with E-state index in [1.807, 2.05) is 19.1 Å². The van der Waals surface area contributed by atoms with Crippen molar-refractivity contribution in [1.82, 2.24) is 0 Å². The van der Waals surface area contributed by atoms with Crippen LogP contribution in [0.1, 0.15) is 57.1 Å². The second kappa shape index (κ2) is 4.24. The van der Waals surface area contributed by atoms with Gasteiger partial charge >= 0.3 is 0 Å². The summed E-state index contributed by atoms with van der Waals surface area (Å²) in [5.41, 5.74) is 2.49. The molecule has 0 aliphatic heterocycles. The van der Waals surface area contributed by atoms with Gasteiger partial charge < -0.3 is 10.2 Å². The molecule has 1 aromatic rings. The lowest BCUT2D eigenvalue weighted by Crippen LogP contribution is -2.48. The highest BCUT2D eigenvalue weighted by Gasteiger charge is 2.49. The van der Waals surface area contributed by atoms with Gasteiger partial charge in [-0.15, -0.1) is 0 Å². The number of hydrogen-bond acceptors (Lipinski definition) is 2. The largest absolute Gasteiger partial charge is 0.508 e. The van der Waals surface area contributed by atoms with Crippen LogP contribution in [0, 0.1) is 5.92 Å². The maximum absolute atomic E-state index is 10.4. The number of phenolic OH excluding ortho intramolecular Hbond substituents is 1. The van der Waals surface area contributed by atoms with Crippen LogP contribution in [0.2, 0.25) is 0 Å². The summed E-state index contributed by atoms with van der Waals surface area (Å²) in [5, 5.41) is 20.1. The first-order chi connectivity index (χ1) is 8.97.